The highest BCUT2D eigenvalue weighted by Gasteiger charge is 2.41. The Balaban J connectivity index is 2.28. The van der Waals surface area contributed by atoms with Gasteiger partial charge in [-0.2, -0.15) is 0 Å². The highest BCUT2D eigenvalue weighted by molar-refractivity contribution is 5.78. The van der Waals surface area contributed by atoms with E-state index < -0.39 is 6.23 Å². The van der Waals surface area contributed by atoms with E-state index in [-0.39, 0.29) is 0 Å². The third-order valence-electron chi connectivity index (χ3n) is 3.66. The largest absolute Gasteiger partial charge is 0.345 e. The van der Waals surface area contributed by atoms with Crippen LogP contribution in [-0.4, -0.2) is 34.7 Å². The molecule has 1 aromatic rings. The lowest BCUT2D eigenvalue weighted by Crippen LogP contribution is -2.55. The van der Waals surface area contributed by atoms with Crippen LogP contribution in [0.2, 0.25) is 0 Å². The SMILES string of the molecule is C=CCC1=NCC[N+]1(Cc1ccccc1)C(C)O. The molecule has 0 aromatic heterocycles. The predicted molar refractivity (Wildman–Crippen MR) is 74.1 cm³/mol. The van der Waals surface area contributed by atoms with Gasteiger partial charge in [-0.1, -0.05) is 36.4 Å². The van der Waals surface area contributed by atoms with Gasteiger partial charge in [0.15, 0.2) is 6.23 Å². The normalized spacial score (nSPS) is 24.7. The average molecular weight is 245 g/mol. The predicted octanol–water partition coefficient (Wildman–Crippen LogP) is 2.33. The molecule has 1 aromatic carbocycles. The number of aliphatic hydroxyl groups excluding tert-OH is 1. The van der Waals surface area contributed by atoms with Crippen LogP contribution < -0.4 is 0 Å². The summed E-state index contributed by atoms with van der Waals surface area (Å²) in [6, 6.07) is 10.3. The molecule has 0 fully saturated rings. The van der Waals surface area contributed by atoms with Gasteiger partial charge in [0.05, 0.1) is 13.0 Å². The van der Waals surface area contributed by atoms with E-state index in [4.69, 9.17) is 0 Å². The molecule has 0 spiro atoms. The molecule has 0 bridgehead atoms. The maximum Gasteiger partial charge on any atom is 0.204 e. The van der Waals surface area contributed by atoms with E-state index in [0.29, 0.717) is 4.48 Å². The maximum atomic E-state index is 10.2. The lowest BCUT2D eigenvalue weighted by molar-refractivity contribution is -0.896. The van der Waals surface area contributed by atoms with Crippen molar-refractivity contribution in [3.63, 3.8) is 0 Å². The van der Waals surface area contributed by atoms with Crippen LogP contribution >= 0.6 is 0 Å². The number of aliphatic hydroxyl groups is 1. The van der Waals surface area contributed by atoms with Crippen LogP contribution in [0.1, 0.15) is 18.9 Å². The van der Waals surface area contributed by atoms with Crippen molar-refractivity contribution in [1.29, 1.82) is 0 Å². The van der Waals surface area contributed by atoms with Gasteiger partial charge >= 0.3 is 0 Å². The number of hydrogen-bond donors (Lipinski definition) is 1. The van der Waals surface area contributed by atoms with Gasteiger partial charge in [0, 0.05) is 12.5 Å². The van der Waals surface area contributed by atoms with Crippen molar-refractivity contribution in [3.8, 4) is 0 Å². The summed E-state index contributed by atoms with van der Waals surface area (Å²) in [5.74, 6) is 1.05. The monoisotopic (exact) mass is 245 g/mol. The standard InChI is InChI=1S/C15H21N2O/c1-3-7-15-16-10-11-17(15,13(2)18)12-14-8-5-4-6-9-14/h3-6,8-9,13,18H,1,7,10-12H2,2H3/q+1. The van der Waals surface area contributed by atoms with Gasteiger partial charge < -0.3 is 5.11 Å². The first-order valence-corrected chi connectivity index (χ1v) is 6.42. The molecule has 2 atom stereocenters. The Labute approximate surface area is 109 Å². The van der Waals surface area contributed by atoms with Crippen LogP contribution in [0.5, 0.6) is 0 Å². The smallest absolute Gasteiger partial charge is 0.204 e. The minimum atomic E-state index is -0.439. The Morgan fingerprint density at radius 2 is 2.17 bits per heavy atom. The summed E-state index contributed by atoms with van der Waals surface area (Å²) < 4.78 is 0.552. The first kappa shape index (κ1) is 13.0. The number of aliphatic imine (C=N–C) groups is 1. The summed E-state index contributed by atoms with van der Waals surface area (Å²) in [4.78, 5) is 4.55. The number of hydrogen-bond acceptors (Lipinski definition) is 2. The van der Waals surface area contributed by atoms with Gasteiger partial charge in [-0.15, -0.1) is 6.58 Å². The Morgan fingerprint density at radius 3 is 2.78 bits per heavy atom. The lowest BCUT2D eigenvalue weighted by atomic mass is 10.1. The minimum absolute atomic E-state index is 0.439. The first-order valence-electron chi connectivity index (χ1n) is 6.42. The molecule has 0 aliphatic carbocycles. The fraction of sp³-hybridized carbons (Fsp3) is 0.400. The average Bonchev–Trinajstić information content (AvgIpc) is 2.75. The summed E-state index contributed by atoms with van der Waals surface area (Å²) in [6.45, 7) is 8.10. The zero-order valence-electron chi connectivity index (χ0n) is 10.9. The van der Waals surface area contributed by atoms with Crippen LogP contribution in [0, 0.1) is 0 Å². The van der Waals surface area contributed by atoms with Crippen molar-refractivity contribution in [3.05, 3.63) is 48.6 Å². The molecule has 0 saturated heterocycles. The van der Waals surface area contributed by atoms with Gasteiger partial charge in [0.1, 0.15) is 13.1 Å². The molecule has 3 nitrogen and oxygen atoms in total. The summed E-state index contributed by atoms with van der Waals surface area (Å²) in [5.41, 5.74) is 1.23. The molecule has 1 N–H and O–H groups in total. The van der Waals surface area contributed by atoms with Gasteiger partial charge in [0.2, 0.25) is 5.84 Å². The minimum Gasteiger partial charge on any atom is -0.345 e. The first-order chi connectivity index (χ1) is 8.69. The van der Waals surface area contributed by atoms with Gasteiger partial charge in [-0.05, 0) is 0 Å². The second-order valence-corrected chi connectivity index (χ2v) is 4.82. The molecule has 0 saturated carbocycles. The number of rotatable bonds is 5. The Morgan fingerprint density at radius 1 is 1.44 bits per heavy atom. The van der Waals surface area contributed by atoms with Crippen molar-refractivity contribution in [1.82, 2.24) is 0 Å². The Bertz CT molecular complexity index is 439. The lowest BCUT2D eigenvalue weighted by Gasteiger charge is -2.37. The molecule has 1 heterocycles. The van der Waals surface area contributed by atoms with Gasteiger partial charge in [-0.25, -0.2) is 9.48 Å². The van der Waals surface area contributed by atoms with Crippen molar-refractivity contribution in [2.24, 2.45) is 4.99 Å². The van der Waals surface area contributed by atoms with E-state index in [0.717, 1.165) is 31.9 Å². The number of nitrogens with zero attached hydrogens (tertiary/aromatic N) is 2. The highest BCUT2D eigenvalue weighted by Crippen LogP contribution is 2.25. The van der Waals surface area contributed by atoms with Crippen molar-refractivity contribution < 1.29 is 9.59 Å². The Hall–Kier alpha value is -1.45. The van der Waals surface area contributed by atoms with Crippen LogP contribution in [0.15, 0.2) is 48.0 Å². The van der Waals surface area contributed by atoms with E-state index in [1.807, 2.05) is 31.2 Å². The summed E-state index contributed by atoms with van der Waals surface area (Å²) >= 11 is 0. The summed E-state index contributed by atoms with van der Waals surface area (Å²) in [5, 5.41) is 10.2. The molecule has 0 amide bonds. The Kier molecular flexibility index (Phi) is 3.94. The van der Waals surface area contributed by atoms with Crippen molar-refractivity contribution >= 4 is 5.84 Å². The van der Waals surface area contributed by atoms with E-state index in [9.17, 15) is 5.11 Å². The zero-order valence-corrected chi connectivity index (χ0v) is 10.9. The van der Waals surface area contributed by atoms with E-state index in [2.05, 4.69) is 23.7 Å². The second-order valence-electron chi connectivity index (χ2n) is 4.82. The fourth-order valence-electron chi connectivity index (χ4n) is 2.62. The van der Waals surface area contributed by atoms with Gasteiger partial charge in [0.25, 0.3) is 0 Å². The third-order valence-corrected chi connectivity index (χ3v) is 3.66. The second kappa shape index (κ2) is 5.46. The van der Waals surface area contributed by atoms with E-state index in [1.54, 1.807) is 0 Å². The fourth-order valence-corrected chi connectivity index (χ4v) is 2.62. The molecule has 1 aliphatic heterocycles. The maximum absolute atomic E-state index is 10.2. The molecular formula is C15H21N2O+. The van der Waals surface area contributed by atoms with Crippen molar-refractivity contribution in [2.75, 3.05) is 13.1 Å². The van der Waals surface area contributed by atoms with Crippen LogP contribution in [0.3, 0.4) is 0 Å². The summed E-state index contributed by atoms with van der Waals surface area (Å²) in [6.07, 6.45) is 2.17. The van der Waals surface area contributed by atoms with Gasteiger partial charge in [-0.3, -0.25) is 0 Å². The molecule has 0 radical (unpaired) electrons. The van der Waals surface area contributed by atoms with E-state index >= 15 is 0 Å². The topological polar surface area (TPSA) is 32.6 Å². The number of quaternary nitrogens is 1. The molecular weight excluding hydrogens is 224 g/mol. The molecule has 3 heteroatoms. The quantitative estimate of drug-likeness (QED) is 0.627. The molecule has 2 rings (SSSR count). The molecule has 96 valence electrons. The van der Waals surface area contributed by atoms with Crippen LogP contribution in [0.4, 0.5) is 0 Å². The number of amidine groups is 1. The molecule has 1 aliphatic rings. The van der Waals surface area contributed by atoms with Crippen LogP contribution in [-0.2, 0) is 6.54 Å². The highest BCUT2D eigenvalue weighted by atomic mass is 16.3. The molecule has 18 heavy (non-hydrogen) atoms. The van der Waals surface area contributed by atoms with Crippen LogP contribution in [0.25, 0.3) is 0 Å². The number of benzene rings is 1. The van der Waals surface area contributed by atoms with E-state index in [1.165, 1.54) is 5.56 Å². The van der Waals surface area contributed by atoms with Crippen molar-refractivity contribution in [2.45, 2.75) is 26.1 Å². The zero-order chi connectivity index (χ0) is 13.0. The molecule has 2 unspecified atom stereocenters. The summed E-state index contributed by atoms with van der Waals surface area (Å²) in [7, 11) is 0. The third kappa shape index (κ3) is 2.37.